The van der Waals surface area contributed by atoms with E-state index >= 15 is 0 Å². The van der Waals surface area contributed by atoms with Crippen LogP contribution in [0.5, 0.6) is 5.88 Å². The molecule has 3 aliphatic rings. The average molecular weight is 406 g/mol. The number of rotatable bonds is 1. The van der Waals surface area contributed by atoms with Crippen molar-refractivity contribution < 1.29 is 10.0 Å². The van der Waals surface area contributed by atoms with Crippen molar-refractivity contribution in [3.8, 4) is 29.1 Å². The van der Waals surface area contributed by atoms with E-state index in [1.54, 1.807) is 24.3 Å². The maximum Gasteiger partial charge on any atom is 0.266 e. The summed E-state index contributed by atoms with van der Waals surface area (Å²) in [6, 6.07) is 10.7. The molecule has 0 amide bonds. The number of quaternary nitrogens is 1. The monoisotopic (exact) mass is 405 g/mol. The van der Waals surface area contributed by atoms with E-state index in [0.29, 0.717) is 5.56 Å². The molecular formula is C23H27N5O2. The lowest BCUT2D eigenvalue weighted by Gasteiger charge is -2.38. The van der Waals surface area contributed by atoms with Crippen LogP contribution in [0.2, 0.25) is 0 Å². The predicted molar refractivity (Wildman–Crippen MR) is 112 cm³/mol. The fourth-order valence-corrected chi connectivity index (χ4v) is 3.88. The van der Waals surface area contributed by atoms with Gasteiger partial charge in [0, 0.05) is 25.2 Å². The SMILES string of the molecule is C1C[NH+]2CCN1CC2.CC(C)(C)c1ccc(-c2c(C#N)c([O-])[nH]c(=O)c2C#N)cc1. The van der Waals surface area contributed by atoms with Crippen LogP contribution in [0.1, 0.15) is 37.5 Å². The van der Waals surface area contributed by atoms with Crippen molar-refractivity contribution in [1.82, 2.24) is 9.88 Å². The van der Waals surface area contributed by atoms with Crippen molar-refractivity contribution >= 4 is 0 Å². The maximum atomic E-state index is 11.8. The van der Waals surface area contributed by atoms with E-state index < -0.39 is 11.4 Å². The molecule has 0 saturated carbocycles. The molecular weight excluding hydrogens is 378 g/mol. The minimum atomic E-state index is -0.776. The van der Waals surface area contributed by atoms with Crippen molar-refractivity contribution in [2.75, 3.05) is 39.3 Å². The fraction of sp³-hybridized carbons (Fsp3) is 0.435. The van der Waals surface area contributed by atoms with E-state index in [1.165, 1.54) is 39.3 Å². The van der Waals surface area contributed by atoms with Crippen LogP contribution < -0.4 is 15.6 Å². The Kier molecular flexibility index (Phi) is 6.26. The third kappa shape index (κ3) is 4.54. The smallest absolute Gasteiger partial charge is 0.266 e. The van der Waals surface area contributed by atoms with Gasteiger partial charge in [0.25, 0.3) is 5.56 Å². The number of aromatic amines is 1. The highest BCUT2D eigenvalue weighted by atomic mass is 16.3. The van der Waals surface area contributed by atoms with Gasteiger partial charge in [0.15, 0.2) is 0 Å². The maximum absolute atomic E-state index is 11.8. The molecule has 1 aromatic carbocycles. The molecule has 1 aromatic heterocycles. The summed E-state index contributed by atoms with van der Waals surface area (Å²) in [5.74, 6) is -0.776. The first kappa shape index (κ1) is 21.6. The van der Waals surface area contributed by atoms with Gasteiger partial charge in [0.05, 0.1) is 25.2 Å². The number of fused-ring (bicyclic) bond motifs is 3. The van der Waals surface area contributed by atoms with Crippen LogP contribution in [0.25, 0.3) is 11.1 Å². The molecule has 7 heteroatoms. The van der Waals surface area contributed by atoms with Gasteiger partial charge in [-0.3, -0.25) is 9.69 Å². The van der Waals surface area contributed by atoms with Crippen LogP contribution in [0.4, 0.5) is 0 Å². The van der Waals surface area contributed by atoms with Gasteiger partial charge in [-0.15, -0.1) is 0 Å². The van der Waals surface area contributed by atoms with Crippen molar-refractivity contribution in [3.05, 3.63) is 51.3 Å². The number of hydrogen-bond donors (Lipinski definition) is 2. The van der Waals surface area contributed by atoms with Gasteiger partial charge in [-0.2, -0.15) is 10.5 Å². The molecule has 0 unspecified atom stereocenters. The molecule has 2 N–H and O–H groups in total. The first-order valence-corrected chi connectivity index (χ1v) is 10.2. The number of nitriles is 2. The quantitative estimate of drug-likeness (QED) is 0.712. The van der Waals surface area contributed by atoms with E-state index in [-0.39, 0.29) is 22.1 Å². The Hall–Kier alpha value is -3.13. The number of aromatic nitrogens is 1. The summed E-state index contributed by atoms with van der Waals surface area (Å²) >= 11 is 0. The summed E-state index contributed by atoms with van der Waals surface area (Å²) in [4.78, 5) is 18.2. The number of benzene rings is 1. The van der Waals surface area contributed by atoms with Crippen LogP contribution in [0, 0.1) is 22.7 Å². The molecule has 0 atom stereocenters. The summed E-state index contributed by atoms with van der Waals surface area (Å²) < 4.78 is 0. The van der Waals surface area contributed by atoms with Crippen molar-refractivity contribution in [2.45, 2.75) is 26.2 Å². The highest BCUT2D eigenvalue weighted by molar-refractivity contribution is 5.77. The molecule has 5 rings (SSSR count). The third-order valence-electron chi connectivity index (χ3n) is 5.79. The molecule has 0 spiro atoms. The summed E-state index contributed by atoms with van der Waals surface area (Å²) in [5.41, 5.74) is 0.400. The van der Waals surface area contributed by atoms with Crippen molar-refractivity contribution in [3.63, 3.8) is 0 Å². The summed E-state index contributed by atoms with van der Waals surface area (Å²) in [6.07, 6.45) is 0. The highest BCUT2D eigenvalue weighted by Crippen LogP contribution is 2.30. The van der Waals surface area contributed by atoms with Crippen molar-refractivity contribution in [1.29, 1.82) is 10.5 Å². The van der Waals surface area contributed by atoms with Gasteiger partial charge in [0.2, 0.25) is 0 Å². The molecule has 2 bridgehead atoms. The Morgan fingerprint density at radius 2 is 1.53 bits per heavy atom. The van der Waals surface area contributed by atoms with Crippen LogP contribution in [-0.4, -0.2) is 49.2 Å². The normalized spacial score (nSPS) is 19.9. The first-order chi connectivity index (χ1) is 14.2. The van der Waals surface area contributed by atoms with Gasteiger partial charge >= 0.3 is 0 Å². The summed E-state index contributed by atoms with van der Waals surface area (Å²) in [7, 11) is 0. The second kappa shape index (κ2) is 8.71. The van der Waals surface area contributed by atoms with E-state index in [9.17, 15) is 20.4 Å². The minimum absolute atomic E-state index is 0.0491. The van der Waals surface area contributed by atoms with E-state index in [4.69, 9.17) is 0 Å². The summed E-state index contributed by atoms with van der Waals surface area (Å²) in [6.45, 7) is 14.5. The topological polar surface area (TPSA) is 111 Å². The van der Waals surface area contributed by atoms with Gasteiger partial charge in [-0.05, 0) is 22.4 Å². The zero-order chi connectivity index (χ0) is 21.9. The minimum Gasteiger partial charge on any atom is -0.859 e. The average Bonchev–Trinajstić information content (AvgIpc) is 2.74. The fourth-order valence-electron chi connectivity index (χ4n) is 3.88. The van der Waals surface area contributed by atoms with E-state index in [1.807, 2.05) is 22.0 Å². The Morgan fingerprint density at radius 3 is 1.90 bits per heavy atom. The number of hydrogen-bond acceptors (Lipinski definition) is 5. The van der Waals surface area contributed by atoms with Crippen molar-refractivity contribution in [2.24, 2.45) is 0 Å². The first-order valence-electron chi connectivity index (χ1n) is 10.2. The molecule has 156 valence electrons. The predicted octanol–water partition coefficient (Wildman–Crippen LogP) is 0.357. The summed E-state index contributed by atoms with van der Waals surface area (Å²) in [5, 5.41) is 30.1. The zero-order valence-corrected chi connectivity index (χ0v) is 17.7. The van der Waals surface area contributed by atoms with Gasteiger partial charge in [-0.25, -0.2) is 0 Å². The Morgan fingerprint density at radius 1 is 1.00 bits per heavy atom. The van der Waals surface area contributed by atoms with Crippen LogP contribution >= 0.6 is 0 Å². The number of pyridine rings is 1. The van der Waals surface area contributed by atoms with Crippen LogP contribution in [-0.2, 0) is 5.41 Å². The second-order valence-electron chi connectivity index (χ2n) is 8.80. The molecule has 0 radical (unpaired) electrons. The Balaban J connectivity index is 0.000000263. The van der Waals surface area contributed by atoms with Crippen LogP contribution in [0.3, 0.4) is 0 Å². The van der Waals surface area contributed by atoms with E-state index in [2.05, 4.69) is 25.7 Å². The number of nitrogens with zero attached hydrogens (tertiary/aromatic N) is 3. The van der Waals surface area contributed by atoms with E-state index in [0.717, 1.165) is 5.56 Å². The highest BCUT2D eigenvalue weighted by Gasteiger charge is 2.25. The lowest BCUT2D eigenvalue weighted by Crippen LogP contribution is -3.17. The number of H-pyrrole nitrogens is 1. The van der Waals surface area contributed by atoms with Crippen LogP contribution in [0.15, 0.2) is 29.1 Å². The Bertz CT molecular complexity index is 1020. The molecule has 7 nitrogen and oxygen atoms in total. The standard InChI is InChI=1S/C17H15N3O2.C6H12N2/c1-17(2,3)11-6-4-10(5-7-11)14-12(8-18)15(21)20-16(22)13(14)9-19;1-2-8-5-3-7(1)4-6-8/h4-7H,1-3H3,(H2,20,21,22);1-6H2. The molecule has 2 aromatic rings. The second-order valence-corrected chi connectivity index (χ2v) is 8.80. The lowest BCUT2D eigenvalue weighted by molar-refractivity contribution is -0.914. The third-order valence-corrected chi connectivity index (χ3v) is 5.79. The number of piperazine rings is 3. The molecule has 0 aliphatic carbocycles. The van der Waals surface area contributed by atoms with Gasteiger partial charge < -0.3 is 15.0 Å². The Labute approximate surface area is 176 Å². The van der Waals surface area contributed by atoms with Gasteiger partial charge in [0.1, 0.15) is 17.7 Å². The lowest BCUT2D eigenvalue weighted by atomic mass is 9.85. The zero-order valence-electron chi connectivity index (χ0n) is 17.7. The molecule has 3 aliphatic heterocycles. The van der Waals surface area contributed by atoms with Gasteiger partial charge in [-0.1, -0.05) is 45.0 Å². The molecule has 3 fully saturated rings. The molecule has 30 heavy (non-hydrogen) atoms. The largest absolute Gasteiger partial charge is 0.859 e. The number of nitrogens with one attached hydrogen (secondary N) is 2. The molecule has 3 saturated heterocycles. The molecule has 4 heterocycles.